The third kappa shape index (κ3) is 7.68. The van der Waals surface area contributed by atoms with Gasteiger partial charge in [-0.2, -0.15) is 8.78 Å². The number of amides is 2. The van der Waals surface area contributed by atoms with Gasteiger partial charge in [0.05, 0.1) is 10.5 Å². The molecule has 2 rings (SSSR count). The molecule has 35 heavy (non-hydrogen) atoms. The topological polar surface area (TPSA) is 114 Å². The van der Waals surface area contributed by atoms with Gasteiger partial charge in [-0.25, -0.2) is 18.5 Å². The summed E-state index contributed by atoms with van der Waals surface area (Å²) in [7, 11) is -4.06. The molecular formula is C24H32F3N3O4S. The maximum atomic E-state index is 14.7. The summed E-state index contributed by atoms with van der Waals surface area (Å²) in [6, 6.07) is 1.72. The number of nitrogens with one attached hydrogen (secondary N) is 1. The van der Waals surface area contributed by atoms with E-state index in [2.05, 4.69) is 21.0 Å². The molecule has 2 amide bonds. The number of nitrogens with zero attached hydrogens (tertiary/aromatic N) is 1. The van der Waals surface area contributed by atoms with Crippen molar-refractivity contribution >= 4 is 21.6 Å². The highest BCUT2D eigenvalue weighted by Gasteiger charge is 2.30. The van der Waals surface area contributed by atoms with Crippen molar-refractivity contribution in [3.63, 3.8) is 0 Å². The number of nitrogens with two attached hydrogens (primary N) is 1. The van der Waals surface area contributed by atoms with E-state index in [0.717, 1.165) is 18.9 Å². The second-order valence-corrected chi connectivity index (χ2v) is 10.9. The van der Waals surface area contributed by atoms with Crippen LogP contribution in [0.15, 0.2) is 51.5 Å². The number of aliphatic hydroxyl groups is 1. The third-order valence-corrected chi connectivity index (χ3v) is 6.74. The number of rotatable bonds is 9. The molecule has 194 valence electrons. The minimum atomic E-state index is -4.06. The number of hydrogen-bond donors (Lipinski definition) is 3. The van der Waals surface area contributed by atoms with Crippen LogP contribution in [-0.4, -0.2) is 27.6 Å². The standard InChI is InChI=1S/C24H32F3N3O4S/c1-7-16(24(5,6)32)10-20(25)14(4)35(28,33)30-23(31)29-21-18(13(2)3)11-17(34-22(26)27)12-19(21)15-8-9-15/h7,10-13,15,22,32H,4,8-9H2,1-3,5-6H3,(H3,28,29,30,31,33)/b16-7+,20-10+. The van der Waals surface area contributed by atoms with Gasteiger partial charge in [0.1, 0.15) is 21.5 Å². The van der Waals surface area contributed by atoms with E-state index < -0.39 is 38.9 Å². The second kappa shape index (κ2) is 11.0. The van der Waals surface area contributed by atoms with Crippen molar-refractivity contribution in [3.8, 4) is 5.75 Å². The lowest BCUT2D eigenvalue weighted by Gasteiger charge is -2.20. The van der Waals surface area contributed by atoms with E-state index in [-0.39, 0.29) is 23.2 Å². The fraction of sp³-hybridized carbons (Fsp3) is 0.458. The summed E-state index contributed by atoms with van der Waals surface area (Å²) < 4.78 is 61.2. The molecule has 1 aliphatic rings. The number of carbonyl (C=O) groups excluding carboxylic acids is 1. The van der Waals surface area contributed by atoms with E-state index in [1.165, 1.54) is 32.1 Å². The zero-order chi connectivity index (χ0) is 26.7. The van der Waals surface area contributed by atoms with Crippen LogP contribution in [0.4, 0.5) is 23.7 Å². The Morgan fingerprint density at radius 3 is 2.43 bits per heavy atom. The number of halogens is 3. The number of alkyl halides is 2. The van der Waals surface area contributed by atoms with Gasteiger partial charge in [0.25, 0.3) is 0 Å². The summed E-state index contributed by atoms with van der Waals surface area (Å²) in [5.74, 6) is -1.29. The van der Waals surface area contributed by atoms with Gasteiger partial charge in [-0.05, 0) is 80.4 Å². The zero-order valence-corrected chi connectivity index (χ0v) is 21.2. The van der Waals surface area contributed by atoms with Crippen molar-refractivity contribution in [1.29, 1.82) is 0 Å². The summed E-state index contributed by atoms with van der Waals surface area (Å²) in [5, 5.41) is 18.3. The molecule has 1 atom stereocenters. The summed E-state index contributed by atoms with van der Waals surface area (Å²) >= 11 is 0. The minimum absolute atomic E-state index is 0.0303. The van der Waals surface area contributed by atoms with E-state index in [4.69, 9.17) is 5.14 Å². The molecule has 0 aromatic heterocycles. The van der Waals surface area contributed by atoms with Gasteiger partial charge in [0, 0.05) is 5.69 Å². The van der Waals surface area contributed by atoms with Gasteiger partial charge >= 0.3 is 12.6 Å². The van der Waals surface area contributed by atoms with E-state index in [9.17, 15) is 27.3 Å². The van der Waals surface area contributed by atoms with E-state index in [1.54, 1.807) is 20.8 Å². The molecule has 4 N–H and O–H groups in total. The summed E-state index contributed by atoms with van der Waals surface area (Å²) in [6.45, 7) is 8.45. The smallest absolute Gasteiger partial charge is 0.387 e. The first-order valence-electron chi connectivity index (χ1n) is 11.0. The average Bonchev–Trinajstić information content (AvgIpc) is 3.55. The molecule has 1 fully saturated rings. The Kier molecular flexibility index (Phi) is 8.96. The van der Waals surface area contributed by atoms with Crippen molar-refractivity contribution in [2.45, 2.75) is 71.5 Å². The molecule has 0 spiro atoms. The molecule has 0 radical (unpaired) electrons. The lowest BCUT2D eigenvalue weighted by molar-refractivity contribution is -0.0499. The first-order chi connectivity index (χ1) is 16.1. The predicted octanol–water partition coefficient (Wildman–Crippen LogP) is 6.25. The van der Waals surface area contributed by atoms with Crippen LogP contribution in [0.3, 0.4) is 0 Å². The van der Waals surface area contributed by atoms with Crippen molar-refractivity contribution in [1.82, 2.24) is 0 Å². The first-order valence-corrected chi connectivity index (χ1v) is 12.6. The monoisotopic (exact) mass is 515 g/mol. The Balaban J connectivity index is 2.42. The van der Waals surface area contributed by atoms with Crippen molar-refractivity contribution in [3.05, 3.63) is 58.3 Å². The quantitative estimate of drug-likeness (QED) is 0.337. The molecule has 1 aliphatic carbocycles. The molecule has 0 aliphatic heterocycles. The van der Waals surface area contributed by atoms with Crippen LogP contribution in [0.1, 0.15) is 70.4 Å². The SMILES string of the molecule is C=C(/C(F)=C\C(=C/C)C(C)(C)O)S(N)(=O)=NC(=O)Nc1c(C(C)C)cc(OC(F)F)cc1C1CC1. The highest BCUT2D eigenvalue weighted by molar-refractivity contribution is 7.95. The lowest BCUT2D eigenvalue weighted by Crippen LogP contribution is -2.22. The highest BCUT2D eigenvalue weighted by Crippen LogP contribution is 2.47. The van der Waals surface area contributed by atoms with Crippen molar-refractivity contribution < 1.29 is 32.0 Å². The molecule has 11 heteroatoms. The van der Waals surface area contributed by atoms with E-state index >= 15 is 0 Å². The van der Waals surface area contributed by atoms with Crippen LogP contribution in [0, 0.1) is 0 Å². The Bertz CT molecular complexity index is 1150. The van der Waals surface area contributed by atoms with Crippen LogP contribution >= 0.6 is 0 Å². The molecular weight excluding hydrogens is 483 g/mol. The normalized spacial score (nSPS) is 16.8. The summed E-state index contributed by atoms with van der Waals surface area (Å²) in [5.41, 5.74) is 0.241. The van der Waals surface area contributed by atoms with Gasteiger partial charge < -0.3 is 15.2 Å². The number of carbonyl (C=O) groups is 1. The molecule has 0 heterocycles. The second-order valence-electron chi connectivity index (χ2n) is 9.09. The average molecular weight is 516 g/mol. The van der Waals surface area contributed by atoms with E-state index in [1.807, 2.05) is 0 Å². The largest absolute Gasteiger partial charge is 0.435 e. The number of benzene rings is 1. The molecule has 0 saturated heterocycles. The van der Waals surface area contributed by atoms with Gasteiger partial charge in [-0.15, -0.1) is 4.36 Å². The van der Waals surface area contributed by atoms with Crippen molar-refractivity contribution in [2.24, 2.45) is 9.50 Å². The summed E-state index contributed by atoms with van der Waals surface area (Å²) in [6.07, 6.45) is 3.98. The maximum absolute atomic E-state index is 14.7. The maximum Gasteiger partial charge on any atom is 0.387 e. The Morgan fingerprint density at radius 2 is 1.97 bits per heavy atom. The van der Waals surface area contributed by atoms with Crippen LogP contribution in [-0.2, 0) is 9.92 Å². The minimum Gasteiger partial charge on any atom is -0.435 e. The third-order valence-electron chi connectivity index (χ3n) is 5.41. The molecule has 0 bridgehead atoms. The first kappa shape index (κ1) is 28.6. The number of allylic oxidation sites excluding steroid dienone is 2. The van der Waals surface area contributed by atoms with Gasteiger partial charge in [-0.1, -0.05) is 26.5 Å². The number of hydrogen-bond acceptors (Lipinski definition) is 4. The van der Waals surface area contributed by atoms with Gasteiger partial charge in [0.2, 0.25) is 0 Å². The number of anilines is 1. The highest BCUT2D eigenvalue weighted by atomic mass is 32.2. The Morgan fingerprint density at radius 1 is 1.37 bits per heavy atom. The molecule has 1 aromatic rings. The van der Waals surface area contributed by atoms with Gasteiger partial charge in [-0.3, -0.25) is 0 Å². The summed E-state index contributed by atoms with van der Waals surface area (Å²) in [4.78, 5) is 12.0. The Hall–Kier alpha value is -2.63. The fourth-order valence-electron chi connectivity index (χ4n) is 3.42. The number of ether oxygens (including phenoxy) is 1. The van der Waals surface area contributed by atoms with Crippen LogP contribution in [0.2, 0.25) is 0 Å². The van der Waals surface area contributed by atoms with Crippen molar-refractivity contribution in [2.75, 3.05) is 5.32 Å². The molecule has 1 aromatic carbocycles. The lowest BCUT2D eigenvalue weighted by atomic mass is 9.95. The predicted molar refractivity (Wildman–Crippen MR) is 131 cm³/mol. The van der Waals surface area contributed by atoms with Crippen LogP contribution in [0.5, 0.6) is 5.75 Å². The van der Waals surface area contributed by atoms with Crippen LogP contribution < -0.4 is 15.2 Å². The van der Waals surface area contributed by atoms with Gasteiger partial charge in [0.15, 0.2) is 0 Å². The Labute approximate surface area is 204 Å². The molecule has 1 unspecified atom stereocenters. The molecule has 1 saturated carbocycles. The zero-order valence-electron chi connectivity index (χ0n) is 20.4. The molecule has 7 nitrogen and oxygen atoms in total. The fourth-order valence-corrected chi connectivity index (χ4v) is 4.16. The number of urea groups is 1. The van der Waals surface area contributed by atoms with Crippen LogP contribution in [0.25, 0.3) is 0 Å². The van der Waals surface area contributed by atoms with E-state index in [0.29, 0.717) is 16.8 Å².